The van der Waals surface area contributed by atoms with Crippen LogP contribution in [0.15, 0.2) is 17.1 Å². The highest BCUT2D eigenvalue weighted by molar-refractivity contribution is 5.81. The second-order valence-electron chi connectivity index (χ2n) is 5.49. The zero-order valence-electron chi connectivity index (χ0n) is 12.5. The van der Waals surface area contributed by atoms with E-state index < -0.39 is 5.41 Å². The first-order valence-electron chi connectivity index (χ1n) is 6.61. The molecule has 20 heavy (non-hydrogen) atoms. The summed E-state index contributed by atoms with van der Waals surface area (Å²) in [6.07, 6.45) is 2.62. The Hall–Kier alpha value is -1.89. The molecular formula is C13H23N5O2. The fourth-order valence-corrected chi connectivity index (χ4v) is 1.86. The minimum absolute atomic E-state index is 0.173. The molecule has 7 heteroatoms. The number of nitrogens with zero attached hydrogens (tertiary/aromatic N) is 3. The van der Waals surface area contributed by atoms with Crippen LogP contribution in [-0.2, 0) is 11.3 Å². The van der Waals surface area contributed by atoms with Crippen LogP contribution in [0.1, 0.15) is 27.2 Å². The number of hydrogen-bond donors (Lipinski definition) is 2. The maximum Gasteiger partial charge on any atom is 0.268 e. The normalized spacial score (nSPS) is 11.2. The van der Waals surface area contributed by atoms with Gasteiger partial charge in [-0.1, -0.05) is 6.92 Å². The van der Waals surface area contributed by atoms with Crippen molar-refractivity contribution in [2.45, 2.75) is 33.7 Å². The predicted molar refractivity (Wildman–Crippen MR) is 78.2 cm³/mol. The van der Waals surface area contributed by atoms with Crippen molar-refractivity contribution < 1.29 is 4.79 Å². The summed E-state index contributed by atoms with van der Waals surface area (Å²) in [6, 6.07) is 1.53. The Labute approximate surface area is 118 Å². The second-order valence-corrected chi connectivity index (χ2v) is 5.49. The van der Waals surface area contributed by atoms with E-state index in [2.05, 4.69) is 17.4 Å². The number of aromatic nitrogens is 2. The van der Waals surface area contributed by atoms with Gasteiger partial charge in [-0.2, -0.15) is 5.10 Å². The predicted octanol–water partition coefficient (Wildman–Crippen LogP) is 0.106. The lowest BCUT2D eigenvalue weighted by Gasteiger charge is -2.23. The Morgan fingerprint density at radius 2 is 2.20 bits per heavy atom. The largest absolute Gasteiger partial charge is 0.373 e. The van der Waals surface area contributed by atoms with Crippen LogP contribution in [0.3, 0.4) is 0 Å². The van der Waals surface area contributed by atoms with Gasteiger partial charge >= 0.3 is 0 Å². The van der Waals surface area contributed by atoms with E-state index >= 15 is 0 Å². The van der Waals surface area contributed by atoms with Crippen molar-refractivity contribution in [3.8, 4) is 0 Å². The van der Waals surface area contributed by atoms with Gasteiger partial charge in [-0.3, -0.25) is 15.0 Å². The van der Waals surface area contributed by atoms with Crippen LogP contribution < -0.4 is 21.7 Å². The van der Waals surface area contributed by atoms with Crippen LogP contribution >= 0.6 is 0 Å². The van der Waals surface area contributed by atoms with Gasteiger partial charge in [0.2, 0.25) is 5.91 Å². The summed E-state index contributed by atoms with van der Waals surface area (Å²) >= 11 is 0. The van der Waals surface area contributed by atoms with E-state index in [0.29, 0.717) is 0 Å². The lowest BCUT2D eigenvalue weighted by molar-refractivity contribution is -0.130. The molecule has 0 saturated heterocycles. The van der Waals surface area contributed by atoms with Crippen molar-refractivity contribution in [3.63, 3.8) is 0 Å². The van der Waals surface area contributed by atoms with E-state index in [1.807, 2.05) is 11.9 Å². The Morgan fingerprint density at radius 1 is 1.55 bits per heavy atom. The van der Waals surface area contributed by atoms with E-state index in [-0.39, 0.29) is 18.0 Å². The third kappa shape index (κ3) is 3.80. The molecule has 1 heterocycles. The molecule has 0 saturated carbocycles. The summed E-state index contributed by atoms with van der Waals surface area (Å²) in [7, 11) is 1.91. The topological polar surface area (TPSA) is 93.2 Å². The Kier molecular flexibility index (Phi) is 5.26. The summed E-state index contributed by atoms with van der Waals surface area (Å²) in [6.45, 7) is 6.51. The number of carbonyl (C=O) groups excluding carboxylic acids is 1. The van der Waals surface area contributed by atoms with Gasteiger partial charge in [0.05, 0.1) is 23.8 Å². The van der Waals surface area contributed by atoms with Crippen LogP contribution in [0.2, 0.25) is 0 Å². The molecule has 0 radical (unpaired) electrons. The van der Waals surface area contributed by atoms with Gasteiger partial charge in [0.1, 0.15) is 0 Å². The molecule has 1 rings (SSSR count). The summed E-state index contributed by atoms with van der Waals surface area (Å²) < 4.78 is 1.28. The van der Waals surface area contributed by atoms with Crippen molar-refractivity contribution >= 4 is 11.6 Å². The van der Waals surface area contributed by atoms with Crippen molar-refractivity contribution in [1.82, 2.24) is 15.2 Å². The van der Waals surface area contributed by atoms with E-state index in [0.717, 1.165) is 18.7 Å². The first kappa shape index (κ1) is 16.2. The number of amides is 1. The number of anilines is 1. The van der Waals surface area contributed by atoms with Crippen LogP contribution in [0, 0.1) is 5.41 Å². The second kappa shape index (κ2) is 6.51. The molecule has 0 fully saturated rings. The highest BCUT2D eigenvalue weighted by atomic mass is 16.2. The first-order valence-corrected chi connectivity index (χ1v) is 6.61. The average molecular weight is 281 g/mol. The van der Waals surface area contributed by atoms with Gasteiger partial charge in [-0.25, -0.2) is 10.5 Å². The Balaban J connectivity index is 2.94. The zero-order chi connectivity index (χ0) is 15.3. The molecule has 0 atom stereocenters. The average Bonchev–Trinajstić information content (AvgIpc) is 2.40. The Bertz CT molecular complexity index is 524. The summed E-state index contributed by atoms with van der Waals surface area (Å²) in [5.74, 6) is 4.80. The molecule has 7 nitrogen and oxygen atoms in total. The van der Waals surface area contributed by atoms with Gasteiger partial charge in [-0.05, 0) is 20.3 Å². The maximum absolute atomic E-state index is 12.0. The molecule has 0 aliphatic heterocycles. The number of hydrogen-bond acceptors (Lipinski definition) is 5. The number of nitrogens with one attached hydrogen (secondary N) is 1. The monoisotopic (exact) mass is 281 g/mol. The van der Waals surface area contributed by atoms with Gasteiger partial charge in [0, 0.05) is 19.7 Å². The number of hydrazine groups is 1. The minimum atomic E-state index is -0.803. The molecular weight excluding hydrogens is 258 g/mol. The standard InChI is InChI=1S/C13H23N5O2/c1-5-6-17(4)10-7-11(19)18(15-8-10)9-13(2,3)12(20)16-14/h7-8H,5-6,9,14H2,1-4H3,(H,16,20). The fraction of sp³-hybridized carbons (Fsp3) is 0.615. The molecule has 0 spiro atoms. The van der Waals surface area contributed by atoms with Crippen molar-refractivity contribution in [2.75, 3.05) is 18.5 Å². The molecule has 1 aromatic rings. The highest BCUT2D eigenvalue weighted by Gasteiger charge is 2.28. The van der Waals surface area contributed by atoms with E-state index in [1.165, 1.54) is 10.7 Å². The van der Waals surface area contributed by atoms with Gasteiger partial charge in [0.25, 0.3) is 5.56 Å². The van der Waals surface area contributed by atoms with Crippen molar-refractivity contribution in [1.29, 1.82) is 0 Å². The van der Waals surface area contributed by atoms with Crippen molar-refractivity contribution in [2.24, 2.45) is 11.3 Å². The lowest BCUT2D eigenvalue weighted by atomic mass is 9.93. The number of nitrogens with two attached hydrogens (primary N) is 1. The third-order valence-corrected chi connectivity index (χ3v) is 3.15. The SMILES string of the molecule is CCCN(C)c1cnn(CC(C)(C)C(=O)NN)c(=O)c1. The van der Waals surface area contributed by atoms with Crippen molar-refractivity contribution in [3.05, 3.63) is 22.6 Å². The molecule has 1 aromatic heterocycles. The molecule has 112 valence electrons. The molecule has 0 aromatic carbocycles. The zero-order valence-corrected chi connectivity index (χ0v) is 12.5. The molecule has 0 bridgehead atoms. The molecule has 1 amide bonds. The first-order chi connectivity index (χ1) is 9.31. The van der Waals surface area contributed by atoms with E-state index in [1.54, 1.807) is 20.0 Å². The molecule has 0 unspecified atom stereocenters. The van der Waals surface area contributed by atoms with E-state index in [9.17, 15) is 9.59 Å². The van der Waals surface area contributed by atoms with Crippen LogP contribution in [0.4, 0.5) is 5.69 Å². The smallest absolute Gasteiger partial charge is 0.268 e. The van der Waals surface area contributed by atoms with Crippen LogP contribution in [0.25, 0.3) is 0 Å². The maximum atomic E-state index is 12.0. The quantitative estimate of drug-likeness (QED) is 0.438. The summed E-state index contributed by atoms with van der Waals surface area (Å²) in [4.78, 5) is 25.6. The summed E-state index contributed by atoms with van der Waals surface area (Å²) in [5.41, 5.74) is 1.84. The number of rotatable bonds is 6. The summed E-state index contributed by atoms with van der Waals surface area (Å²) in [5, 5.41) is 4.13. The molecule has 3 N–H and O–H groups in total. The number of carbonyl (C=O) groups is 1. The highest BCUT2D eigenvalue weighted by Crippen LogP contribution is 2.17. The van der Waals surface area contributed by atoms with Crippen LogP contribution in [0.5, 0.6) is 0 Å². The Morgan fingerprint density at radius 3 is 2.70 bits per heavy atom. The van der Waals surface area contributed by atoms with Gasteiger partial charge < -0.3 is 4.90 Å². The minimum Gasteiger partial charge on any atom is -0.373 e. The third-order valence-electron chi connectivity index (χ3n) is 3.15. The van der Waals surface area contributed by atoms with Gasteiger partial charge in [0.15, 0.2) is 0 Å². The van der Waals surface area contributed by atoms with E-state index in [4.69, 9.17) is 5.84 Å². The van der Waals surface area contributed by atoms with Gasteiger partial charge in [-0.15, -0.1) is 0 Å². The fourth-order valence-electron chi connectivity index (χ4n) is 1.86. The van der Waals surface area contributed by atoms with Crippen LogP contribution in [-0.4, -0.2) is 29.3 Å². The molecule has 0 aliphatic carbocycles. The molecule has 0 aliphatic rings. The lowest BCUT2D eigenvalue weighted by Crippen LogP contribution is -2.45.